The van der Waals surface area contributed by atoms with Gasteiger partial charge in [0.25, 0.3) is 0 Å². The summed E-state index contributed by atoms with van der Waals surface area (Å²) in [7, 11) is 0. The van der Waals surface area contributed by atoms with Crippen LogP contribution < -0.4 is 0 Å². The predicted octanol–water partition coefficient (Wildman–Crippen LogP) is 5.01. The quantitative estimate of drug-likeness (QED) is 0.526. The summed E-state index contributed by atoms with van der Waals surface area (Å²) in [5.74, 6) is 3.99. The summed E-state index contributed by atoms with van der Waals surface area (Å²) in [4.78, 5) is 15.0. The molecule has 2 unspecified atom stereocenters. The number of aliphatic hydroxyl groups excluding tert-OH is 1. The number of ether oxygens (including phenoxy) is 2. The van der Waals surface area contributed by atoms with Gasteiger partial charge in [-0.05, 0) is 91.9 Å². The Kier molecular flexibility index (Phi) is 5.71. The Bertz CT molecular complexity index is 995. The number of hydrogen-bond acceptors (Lipinski definition) is 5. The second-order valence-corrected chi connectivity index (χ2v) is 14.9. The van der Waals surface area contributed by atoms with E-state index in [4.69, 9.17) is 14.6 Å². The molecule has 5 nitrogen and oxygen atoms in total. The van der Waals surface area contributed by atoms with Crippen LogP contribution in [0.25, 0.3) is 0 Å². The molecule has 0 aromatic heterocycles. The molecule has 5 heteroatoms. The number of fused-ring (bicyclic) bond motifs is 6. The van der Waals surface area contributed by atoms with Gasteiger partial charge in [0, 0.05) is 36.9 Å². The van der Waals surface area contributed by atoms with E-state index < -0.39 is 0 Å². The van der Waals surface area contributed by atoms with Crippen molar-refractivity contribution >= 4 is 5.78 Å². The summed E-state index contributed by atoms with van der Waals surface area (Å²) in [6.07, 6.45) is 13.1. The van der Waals surface area contributed by atoms with E-state index in [1.165, 1.54) is 44.1 Å². The average molecular weight is 512 g/mol. The monoisotopic (exact) mass is 511 g/mol. The van der Waals surface area contributed by atoms with Gasteiger partial charge in [-0.2, -0.15) is 0 Å². The van der Waals surface area contributed by atoms with Gasteiger partial charge in [-0.15, -0.1) is 0 Å². The first-order valence-electron chi connectivity index (χ1n) is 15.5. The second-order valence-electron chi connectivity index (χ2n) is 14.9. The number of carbonyl (C=O) groups excluding carboxylic acids is 1. The van der Waals surface area contributed by atoms with E-state index in [0.29, 0.717) is 48.4 Å². The number of piperidine rings is 1. The Balaban J connectivity index is 1.17. The van der Waals surface area contributed by atoms with Gasteiger partial charge in [0.2, 0.25) is 0 Å². The first-order chi connectivity index (χ1) is 17.7. The zero-order valence-corrected chi connectivity index (χ0v) is 23.6. The second kappa shape index (κ2) is 8.38. The van der Waals surface area contributed by atoms with Crippen LogP contribution in [0.4, 0.5) is 0 Å². The molecule has 0 radical (unpaired) electrons. The van der Waals surface area contributed by atoms with E-state index in [1.54, 1.807) is 0 Å². The summed E-state index contributed by atoms with van der Waals surface area (Å²) < 4.78 is 13.1. The largest absolute Gasteiger partial charge is 0.394 e. The third-order valence-corrected chi connectivity index (χ3v) is 13.6. The SMILES string of the molecule is C[C@H]1C[C@H]2O[C@]3(CC[C@H]4[C@@H]5CCC6=CC(=O)CC[C@]6(C)[C@H]5CC45CC53C)[C@H](C)[C@@H]2N(CCOCCO)C1. The average Bonchev–Trinajstić information content (AvgIpc) is 3.20. The zero-order valence-electron chi connectivity index (χ0n) is 23.6. The maximum atomic E-state index is 12.3. The van der Waals surface area contributed by atoms with Crippen LogP contribution in [0.15, 0.2) is 11.6 Å². The molecule has 11 atom stereocenters. The van der Waals surface area contributed by atoms with Crippen molar-refractivity contribution in [2.75, 3.05) is 32.9 Å². The van der Waals surface area contributed by atoms with Crippen LogP contribution >= 0.6 is 0 Å². The van der Waals surface area contributed by atoms with E-state index >= 15 is 0 Å². The van der Waals surface area contributed by atoms with Crippen molar-refractivity contribution in [3.05, 3.63) is 11.6 Å². The molecule has 2 spiro atoms. The standard InChI is InChI=1S/C32H49NO4/c1-20-15-27-28(33(18-20)11-13-36-14-12-34)21(2)32(37-27)10-8-25-24-6-5-22-16-23(35)7-9-29(22,3)26(24)17-31(25)19-30(31,32)4/h16,20-21,24-28,34H,5-15,17-19H2,1-4H3/t20-,21+,24-,25-,26-,27+,28-,29-,30?,31?,32+/m0/s1. The number of rotatable bonds is 5. The fraction of sp³-hybridized carbons (Fsp3) is 0.906. The highest BCUT2D eigenvalue weighted by molar-refractivity contribution is 5.91. The van der Waals surface area contributed by atoms with Crippen LogP contribution in [0, 0.1) is 45.8 Å². The minimum Gasteiger partial charge on any atom is -0.394 e. The van der Waals surface area contributed by atoms with Gasteiger partial charge >= 0.3 is 0 Å². The van der Waals surface area contributed by atoms with Crippen LogP contribution in [-0.4, -0.2) is 66.4 Å². The van der Waals surface area contributed by atoms with E-state index in [2.05, 4.69) is 38.7 Å². The first-order valence-corrected chi connectivity index (χ1v) is 15.5. The van der Waals surface area contributed by atoms with Gasteiger partial charge in [0.1, 0.15) is 0 Å². The number of ketones is 1. The molecule has 1 N–H and O–H groups in total. The van der Waals surface area contributed by atoms with Gasteiger partial charge in [0.05, 0.1) is 31.5 Å². The summed E-state index contributed by atoms with van der Waals surface area (Å²) in [5.41, 5.74) is 2.47. The Hall–Kier alpha value is -0.750. The lowest BCUT2D eigenvalue weighted by molar-refractivity contribution is -0.148. The number of aliphatic hydroxyl groups is 1. The van der Waals surface area contributed by atoms with Crippen molar-refractivity contribution in [2.24, 2.45) is 45.8 Å². The van der Waals surface area contributed by atoms with Crippen molar-refractivity contribution in [1.82, 2.24) is 4.90 Å². The molecule has 2 heterocycles. The highest BCUT2D eigenvalue weighted by atomic mass is 16.5. The fourth-order valence-corrected chi connectivity index (χ4v) is 12.0. The normalized spacial score (nSPS) is 54.2. The van der Waals surface area contributed by atoms with Gasteiger partial charge in [-0.3, -0.25) is 9.69 Å². The lowest BCUT2D eigenvalue weighted by atomic mass is 9.56. The van der Waals surface area contributed by atoms with Crippen molar-refractivity contribution in [2.45, 2.75) is 103 Å². The predicted molar refractivity (Wildman–Crippen MR) is 143 cm³/mol. The van der Waals surface area contributed by atoms with Crippen molar-refractivity contribution in [3.8, 4) is 0 Å². The molecule has 0 aromatic rings. The van der Waals surface area contributed by atoms with Crippen LogP contribution in [0.2, 0.25) is 0 Å². The van der Waals surface area contributed by atoms with Crippen molar-refractivity contribution in [3.63, 3.8) is 0 Å². The van der Waals surface area contributed by atoms with Crippen molar-refractivity contribution in [1.29, 1.82) is 0 Å². The van der Waals surface area contributed by atoms with E-state index in [9.17, 15) is 4.79 Å². The molecule has 4 saturated carbocycles. The molecular weight excluding hydrogens is 462 g/mol. The third-order valence-electron chi connectivity index (χ3n) is 13.6. The summed E-state index contributed by atoms with van der Waals surface area (Å²) >= 11 is 0. The lowest BCUT2D eigenvalue weighted by Crippen LogP contribution is -2.55. The number of nitrogens with zero attached hydrogens (tertiary/aromatic N) is 1. The molecular formula is C32H49NO4. The topological polar surface area (TPSA) is 59.0 Å². The molecule has 7 rings (SSSR count). The van der Waals surface area contributed by atoms with Crippen LogP contribution in [0.1, 0.15) is 85.5 Å². The van der Waals surface area contributed by atoms with E-state index in [1.807, 2.05) is 0 Å². The molecule has 5 aliphatic carbocycles. The fourth-order valence-electron chi connectivity index (χ4n) is 12.0. The maximum absolute atomic E-state index is 12.3. The summed E-state index contributed by atoms with van der Waals surface area (Å²) in [6, 6.07) is 0.486. The summed E-state index contributed by atoms with van der Waals surface area (Å²) in [5, 5.41) is 9.13. The lowest BCUT2D eigenvalue weighted by Gasteiger charge is -2.50. The molecule has 0 aromatic carbocycles. The Labute approximate surface area is 223 Å². The van der Waals surface area contributed by atoms with E-state index in [0.717, 1.165) is 50.1 Å². The van der Waals surface area contributed by atoms with E-state index in [-0.39, 0.29) is 23.0 Å². The molecule has 6 fully saturated rings. The Morgan fingerprint density at radius 2 is 1.97 bits per heavy atom. The molecule has 0 bridgehead atoms. The van der Waals surface area contributed by atoms with Gasteiger partial charge in [-0.25, -0.2) is 0 Å². The number of carbonyl (C=O) groups is 1. The van der Waals surface area contributed by atoms with Crippen LogP contribution in [-0.2, 0) is 14.3 Å². The van der Waals surface area contributed by atoms with Gasteiger partial charge < -0.3 is 14.6 Å². The molecule has 206 valence electrons. The zero-order chi connectivity index (χ0) is 25.8. The van der Waals surface area contributed by atoms with Gasteiger partial charge in [0.15, 0.2) is 5.78 Å². The third kappa shape index (κ3) is 3.21. The number of allylic oxidation sites excluding steroid dienone is 2. The smallest absolute Gasteiger partial charge is 0.155 e. The number of hydrogen-bond donors (Lipinski definition) is 1. The van der Waals surface area contributed by atoms with Gasteiger partial charge in [-0.1, -0.05) is 33.3 Å². The summed E-state index contributed by atoms with van der Waals surface area (Å²) in [6.45, 7) is 13.4. The van der Waals surface area contributed by atoms with Crippen LogP contribution in [0.3, 0.4) is 0 Å². The number of likely N-dealkylation sites (tertiary alicyclic amines) is 1. The Morgan fingerprint density at radius 3 is 2.78 bits per heavy atom. The highest BCUT2D eigenvalue weighted by Crippen LogP contribution is 2.87. The molecule has 7 aliphatic rings. The maximum Gasteiger partial charge on any atom is 0.155 e. The Morgan fingerprint density at radius 1 is 1.14 bits per heavy atom. The molecule has 2 aliphatic heterocycles. The van der Waals surface area contributed by atoms with Crippen molar-refractivity contribution < 1.29 is 19.4 Å². The molecule has 2 saturated heterocycles. The minimum absolute atomic E-state index is 0.00268. The molecule has 37 heavy (non-hydrogen) atoms. The highest BCUT2D eigenvalue weighted by Gasteiger charge is 2.84. The first kappa shape index (κ1) is 25.2. The minimum atomic E-state index is 0.00268. The van der Waals surface area contributed by atoms with Crippen LogP contribution in [0.5, 0.6) is 0 Å². The molecule has 0 amide bonds.